The second-order valence-electron chi connectivity index (χ2n) is 4.92. The minimum Gasteiger partial charge on any atom is -0.480 e. The fourth-order valence-electron chi connectivity index (χ4n) is 1.90. The molecule has 2 atom stereocenters. The first-order valence-corrected chi connectivity index (χ1v) is 6.23. The Labute approximate surface area is 102 Å². The van der Waals surface area contributed by atoms with E-state index in [4.69, 9.17) is 5.11 Å². The monoisotopic (exact) mass is 242 g/mol. The normalized spacial score (nSPS) is 21.1. The van der Waals surface area contributed by atoms with Gasteiger partial charge in [0.05, 0.1) is 6.04 Å². The Morgan fingerprint density at radius 2 is 1.94 bits per heavy atom. The van der Waals surface area contributed by atoms with E-state index in [-0.39, 0.29) is 11.9 Å². The van der Waals surface area contributed by atoms with E-state index in [1.807, 2.05) is 13.8 Å². The molecule has 1 aliphatic carbocycles. The second-order valence-corrected chi connectivity index (χ2v) is 4.92. The third-order valence-electron chi connectivity index (χ3n) is 3.50. The summed E-state index contributed by atoms with van der Waals surface area (Å²) in [5.74, 6) is -0.987. The van der Waals surface area contributed by atoms with Crippen LogP contribution in [-0.2, 0) is 9.59 Å². The van der Waals surface area contributed by atoms with Crippen LogP contribution in [0.15, 0.2) is 0 Å². The van der Waals surface area contributed by atoms with Crippen LogP contribution in [0.2, 0.25) is 0 Å². The van der Waals surface area contributed by atoms with Crippen molar-refractivity contribution in [2.24, 2.45) is 0 Å². The molecule has 0 aromatic rings. The van der Waals surface area contributed by atoms with Crippen LogP contribution >= 0.6 is 0 Å². The summed E-state index contributed by atoms with van der Waals surface area (Å²) >= 11 is 0. The van der Waals surface area contributed by atoms with Crippen LogP contribution in [0.1, 0.15) is 46.5 Å². The number of rotatable bonds is 6. The van der Waals surface area contributed by atoms with Crippen molar-refractivity contribution in [3.05, 3.63) is 0 Å². The SMILES string of the molecule is CCC(C)NC(=O)C(C)NC1(C(=O)O)CCC1. The Morgan fingerprint density at radius 1 is 1.35 bits per heavy atom. The standard InChI is InChI=1S/C12H22N2O3/c1-4-8(2)13-10(15)9(3)14-12(11(16)17)6-5-7-12/h8-9,14H,4-7H2,1-3H3,(H,13,15)(H,16,17). The zero-order valence-electron chi connectivity index (χ0n) is 10.7. The molecule has 0 aromatic carbocycles. The average molecular weight is 242 g/mol. The van der Waals surface area contributed by atoms with Crippen LogP contribution in [0, 0.1) is 0 Å². The minimum absolute atomic E-state index is 0.119. The average Bonchev–Trinajstić information content (AvgIpc) is 2.22. The minimum atomic E-state index is -0.883. The maximum atomic E-state index is 11.8. The number of carbonyl (C=O) groups excluding carboxylic acids is 1. The van der Waals surface area contributed by atoms with E-state index in [1.165, 1.54) is 0 Å². The van der Waals surface area contributed by atoms with Gasteiger partial charge in [0.25, 0.3) is 0 Å². The first kappa shape index (κ1) is 14.0. The van der Waals surface area contributed by atoms with Gasteiger partial charge in [-0.15, -0.1) is 0 Å². The van der Waals surface area contributed by atoms with Gasteiger partial charge in [-0.1, -0.05) is 6.92 Å². The molecule has 1 rings (SSSR count). The lowest BCUT2D eigenvalue weighted by atomic mass is 9.76. The Bertz CT molecular complexity index is 300. The summed E-state index contributed by atoms with van der Waals surface area (Å²) in [7, 11) is 0. The molecule has 1 amide bonds. The number of carbonyl (C=O) groups is 2. The van der Waals surface area contributed by atoms with Crippen molar-refractivity contribution >= 4 is 11.9 Å². The van der Waals surface area contributed by atoms with Gasteiger partial charge in [-0.3, -0.25) is 14.9 Å². The molecule has 1 fully saturated rings. The number of hydrogen-bond acceptors (Lipinski definition) is 3. The van der Waals surface area contributed by atoms with Crippen LogP contribution in [0.3, 0.4) is 0 Å². The van der Waals surface area contributed by atoms with E-state index in [1.54, 1.807) is 6.92 Å². The maximum absolute atomic E-state index is 11.8. The Morgan fingerprint density at radius 3 is 2.29 bits per heavy atom. The summed E-state index contributed by atoms with van der Waals surface area (Å²) in [6.45, 7) is 5.63. The number of hydrogen-bond donors (Lipinski definition) is 3. The molecule has 5 nitrogen and oxygen atoms in total. The molecule has 1 saturated carbocycles. The molecule has 5 heteroatoms. The second kappa shape index (κ2) is 5.49. The van der Waals surface area contributed by atoms with Gasteiger partial charge in [-0.25, -0.2) is 0 Å². The van der Waals surface area contributed by atoms with Crippen molar-refractivity contribution in [2.75, 3.05) is 0 Å². The summed E-state index contributed by atoms with van der Waals surface area (Å²) < 4.78 is 0. The highest BCUT2D eigenvalue weighted by molar-refractivity contribution is 5.85. The van der Waals surface area contributed by atoms with E-state index < -0.39 is 17.6 Å². The van der Waals surface area contributed by atoms with Gasteiger partial charge in [0.2, 0.25) is 5.91 Å². The quantitative estimate of drug-likeness (QED) is 0.646. The first-order chi connectivity index (χ1) is 7.91. The highest BCUT2D eigenvalue weighted by Gasteiger charge is 2.45. The number of carboxylic acid groups (broad SMARTS) is 1. The number of aliphatic carboxylic acids is 1. The Balaban J connectivity index is 2.50. The van der Waals surface area contributed by atoms with Crippen molar-refractivity contribution in [3.8, 4) is 0 Å². The van der Waals surface area contributed by atoms with Crippen molar-refractivity contribution in [1.82, 2.24) is 10.6 Å². The van der Waals surface area contributed by atoms with Gasteiger partial charge in [-0.2, -0.15) is 0 Å². The third-order valence-corrected chi connectivity index (χ3v) is 3.50. The van der Waals surface area contributed by atoms with Crippen LogP contribution in [-0.4, -0.2) is 34.6 Å². The summed E-state index contributed by atoms with van der Waals surface area (Å²) in [4.78, 5) is 22.9. The number of amides is 1. The molecule has 0 aliphatic heterocycles. The Kier molecular flexibility index (Phi) is 4.51. The van der Waals surface area contributed by atoms with Crippen LogP contribution in [0.5, 0.6) is 0 Å². The van der Waals surface area contributed by atoms with E-state index in [2.05, 4.69) is 10.6 Å². The molecule has 1 aliphatic rings. The summed E-state index contributed by atoms with van der Waals surface area (Å²) in [6, 6.07) is -0.352. The summed E-state index contributed by atoms with van der Waals surface area (Å²) in [6.07, 6.45) is 2.97. The zero-order valence-corrected chi connectivity index (χ0v) is 10.7. The first-order valence-electron chi connectivity index (χ1n) is 6.23. The van der Waals surface area contributed by atoms with Crippen molar-refractivity contribution in [1.29, 1.82) is 0 Å². The predicted molar refractivity (Wildman–Crippen MR) is 64.7 cm³/mol. The smallest absolute Gasteiger partial charge is 0.323 e. The lowest BCUT2D eigenvalue weighted by Gasteiger charge is -2.40. The fourth-order valence-corrected chi connectivity index (χ4v) is 1.90. The zero-order chi connectivity index (χ0) is 13.1. The number of carboxylic acids is 1. The molecule has 3 N–H and O–H groups in total. The molecule has 2 unspecified atom stereocenters. The topological polar surface area (TPSA) is 78.4 Å². The largest absolute Gasteiger partial charge is 0.480 e. The van der Waals surface area contributed by atoms with Gasteiger partial charge >= 0.3 is 5.97 Å². The van der Waals surface area contributed by atoms with Gasteiger partial charge < -0.3 is 10.4 Å². The molecule has 0 aromatic heterocycles. The summed E-state index contributed by atoms with van der Waals surface area (Å²) in [5.41, 5.74) is -0.883. The van der Waals surface area contributed by atoms with Gasteiger partial charge in [0, 0.05) is 6.04 Å². The van der Waals surface area contributed by atoms with E-state index in [0.29, 0.717) is 12.8 Å². The van der Waals surface area contributed by atoms with Crippen molar-refractivity contribution < 1.29 is 14.7 Å². The maximum Gasteiger partial charge on any atom is 0.323 e. The number of nitrogens with one attached hydrogen (secondary N) is 2. The predicted octanol–water partition coefficient (Wildman–Crippen LogP) is 0.886. The molecule has 0 saturated heterocycles. The fraction of sp³-hybridized carbons (Fsp3) is 0.833. The molecule has 0 bridgehead atoms. The third kappa shape index (κ3) is 3.19. The molecule has 98 valence electrons. The van der Waals surface area contributed by atoms with Gasteiger partial charge in [0.15, 0.2) is 0 Å². The molecule has 0 heterocycles. The lowest BCUT2D eigenvalue weighted by Crippen LogP contribution is -2.62. The molecule has 0 radical (unpaired) electrons. The van der Waals surface area contributed by atoms with Crippen LogP contribution in [0.25, 0.3) is 0 Å². The highest BCUT2D eigenvalue weighted by Crippen LogP contribution is 2.32. The Hall–Kier alpha value is -1.10. The van der Waals surface area contributed by atoms with Crippen molar-refractivity contribution in [2.45, 2.75) is 64.1 Å². The highest BCUT2D eigenvalue weighted by atomic mass is 16.4. The van der Waals surface area contributed by atoms with Crippen molar-refractivity contribution in [3.63, 3.8) is 0 Å². The lowest BCUT2D eigenvalue weighted by molar-refractivity contribution is -0.149. The van der Waals surface area contributed by atoms with Crippen LogP contribution < -0.4 is 10.6 Å². The molecular formula is C12H22N2O3. The van der Waals surface area contributed by atoms with Gasteiger partial charge in [-0.05, 0) is 39.5 Å². The van der Waals surface area contributed by atoms with E-state index in [0.717, 1.165) is 12.8 Å². The van der Waals surface area contributed by atoms with E-state index >= 15 is 0 Å². The molecule has 17 heavy (non-hydrogen) atoms. The van der Waals surface area contributed by atoms with Crippen LogP contribution in [0.4, 0.5) is 0 Å². The van der Waals surface area contributed by atoms with E-state index in [9.17, 15) is 9.59 Å². The summed E-state index contributed by atoms with van der Waals surface area (Å²) in [5, 5.41) is 14.9. The molecule has 0 spiro atoms. The van der Waals surface area contributed by atoms with Gasteiger partial charge in [0.1, 0.15) is 5.54 Å². The molecular weight excluding hydrogens is 220 g/mol.